The van der Waals surface area contributed by atoms with Gasteiger partial charge in [0.15, 0.2) is 0 Å². The first kappa shape index (κ1) is 13.3. The lowest BCUT2D eigenvalue weighted by molar-refractivity contribution is -0.154. The molecule has 0 radical (unpaired) electrons. The van der Waals surface area contributed by atoms with Gasteiger partial charge in [0.05, 0.1) is 5.92 Å². The lowest BCUT2D eigenvalue weighted by Gasteiger charge is -2.38. The summed E-state index contributed by atoms with van der Waals surface area (Å²) in [6.45, 7) is 0.568. The Labute approximate surface area is 107 Å². The second kappa shape index (κ2) is 5.69. The number of amides is 1. The third kappa shape index (κ3) is 2.66. The second-order valence-corrected chi connectivity index (χ2v) is 5.44. The van der Waals surface area contributed by atoms with Crippen LogP contribution in [-0.2, 0) is 9.59 Å². The van der Waals surface area contributed by atoms with Crippen molar-refractivity contribution < 1.29 is 14.7 Å². The summed E-state index contributed by atoms with van der Waals surface area (Å²) < 4.78 is 0. The maximum Gasteiger partial charge on any atom is 0.326 e. The van der Waals surface area contributed by atoms with Gasteiger partial charge in [-0.3, -0.25) is 4.79 Å². The average Bonchev–Trinajstić information content (AvgIpc) is 2.38. The minimum Gasteiger partial charge on any atom is -0.480 e. The van der Waals surface area contributed by atoms with Crippen molar-refractivity contribution >= 4 is 11.9 Å². The van der Waals surface area contributed by atoms with Gasteiger partial charge in [-0.25, -0.2) is 4.79 Å². The molecule has 18 heavy (non-hydrogen) atoms. The summed E-state index contributed by atoms with van der Waals surface area (Å²) in [7, 11) is 0. The molecule has 0 aromatic heterocycles. The van der Waals surface area contributed by atoms with Gasteiger partial charge in [0.1, 0.15) is 6.04 Å². The largest absolute Gasteiger partial charge is 0.480 e. The van der Waals surface area contributed by atoms with E-state index < -0.39 is 12.0 Å². The van der Waals surface area contributed by atoms with Crippen molar-refractivity contribution in [3.8, 4) is 0 Å². The van der Waals surface area contributed by atoms with E-state index in [4.69, 9.17) is 5.73 Å². The molecule has 102 valence electrons. The number of hydrogen-bond acceptors (Lipinski definition) is 3. The van der Waals surface area contributed by atoms with E-state index in [1.165, 1.54) is 0 Å². The van der Waals surface area contributed by atoms with Gasteiger partial charge in [-0.15, -0.1) is 0 Å². The number of carboxylic acid groups (broad SMARTS) is 1. The molecule has 1 saturated carbocycles. The van der Waals surface area contributed by atoms with Gasteiger partial charge in [-0.2, -0.15) is 0 Å². The summed E-state index contributed by atoms with van der Waals surface area (Å²) in [5, 5.41) is 9.20. The molecule has 1 amide bonds. The molecule has 1 aliphatic heterocycles. The third-order valence-electron chi connectivity index (χ3n) is 4.21. The standard InChI is InChI=1S/C13H22N2O3/c14-10-6-2-1-5-9(10)12(16)15-8-4-3-7-11(15)13(17)18/h9-11H,1-8,14H2,(H,17,18)/t9?,10?,11-/m1/s1. The number of nitrogens with zero attached hydrogens (tertiary/aromatic N) is 1. The molecule has 0 bridgehead atoms. The smallest absolute Gasteiger partial charge is 0.326 e. The van der Waals surface area contributed by atoms with Crippen molar-refractivity contribution in [3.63, 3.8) is 0 Å². The fourth-order valence-electron chi connectivity index (χ4n) is 3.13. The predicted octanol–water partition coefficient (Wildman–Crippen LogP) is 0.970. The summed E-state index contributed by atoms with van der Waals surface area (Å²) in [6, 6.07) is -0.733. The van der Waals surface area contributed by atoms with Crippen LogP contribution in [0, 0.1) is 5.92 Å². The van der Waals surface area contributed by atoms with Crippen molar-refractivity contribution in [3.05, 3.63) is 0 Å². The number of piperidine rings is 1. The molecule has 3 N–H and O–H groups in total. The van der Waals surface area contributed by atoms with E-state index in [0.29, 0.717) is 13.0 Å². The van der Waals surface area contributed by atoms with E-state index in [0.717, 1.165) is 38.5 Å². The summed E-state index contributed by atoms with van der Waals surface area (Å²) in [6.07, 6.45) is 6.14. The Morgan fingerprint density at radius 3 is 2.39 bits per heavy atom. The lowest BCUT2D eigenvalue weighted by atomic mass is 9.83. The fourth-order valence-corrected chi connectivity index (χ4v) is 3.13. The van der Waals surface area contributed by atoms with Crippen LogP contribution in [0.3, 0.4) is 0 Å². The monoisotopic (exact) mass is 254 g/mol. The normalized spacial score (nSPS) is 33.2. The van der Waals surface area contributed by atoms with E-state index in [1.54, 1.807) is 4.90 Å². The first-order valence-electron chi connectivity index (χ1n) is 6.90. The molecule has 2 fully saturated rings. The summed E-state index contributed by atoms with van der Waals surface area (Å²) in [5.41, 5.74) is 6.01. The van der Waals surface area contributed by atoms with E-state index in [1.807, 2.05) is 0 Å². The Balaban J connectivity index is 2.07. The highest BCUT2D eigenvalue weighted by Crippen LogP contribution is 2.27. The maximum atomic E-state index is 12.5. The molecule has 2 unspecified atom stereocenters. The van der Waals surface area contributed by atoms with Crippen LogP contribution in [0.4, 0.5) is 0 Å². The number of carbonyl (C=O) groups is 2. The van der Waals surface area contributed by atoms with Gasteiger partial charge in [0.25, 0.3) is 0 Å². The van der Waals surface area contributed by atoms with Gasteiger partial charge in [0.2, 0.25) is 5.91 Å². The van der Waals surface area contributed by atoms with Crippen LogP contribution in [0.25, 0.3) is 0 Å². The van der Waals surface area contributed by atoms with Crippen molar-refractivity contribution in [1.29, 1.82) is 0 Å². The molecule has 1 aliphatic carbocycles. The fraction of sp³-hybridized carbons (Fsp3) is 0.846. The zero-order chi connectivity index (χ0) is 13.1. The highest BCUT2D eigenvalue weighted by atomic mass is 16.4. The molecule has 1 heterocycles. The molecule has 5 heteroatoms. The topological polar surface area (TPSA) is 83.6 Å². The number of aliphatic carboxylic acids is 1. The van der Waals surface area contributed by atoms with E-state index in [-0.39, 0.29) is 17.9 Å². The number of carboxylic acids is 1. The first-order valence-corrected chi connectivity index (χ1v) is 6.90. The molecule has 0 spiro atoms. The lowest BCUT2D eigenvalue weighted by Crippen LogP contribution is -2.53. The zero-order valence-corrected chi connectivity index (χ0v) is 10.7. The summed E-state index contributed by atoms with van der Waals surface area (Å²) in [5.74, 6) is -1.08. The highest BCUT2D eigenvalue weighted by Gasteiger charge is 2.38. The highest BCUT2D eigenvalue weighted by molar-refractivity contribution is 5.85. The van der Waals surface area contributed by atoms with Crippen LogP contribution in [0.2, 0.25) is 0 Å². The minimum atomic E-state index is -0.882. The maximum absolute atomic E-state index is 12.5. The van der Waals surface area contributed by atoms with Crippen molar-refractivity contribution in [2.45, 2.75) is 57.0 Å². The summed E-state index contributed by atoms with van der Waals surface area (Å²) >= 11 is 0. The second-order valence-electron chi connectivity index (χ2n) is 5.44. The van der Waals surface area contributed by atoms with Gasteiger partial charge in [-0.05, 0) is 32.1 Å². The van der Waals surface area contributed by atoms with Crippen LogP contribution < -0.4 is 5.73 Å². The molecule has 2 rings (SSSR count). The Morgan fingerprint density at radius 2 is 1.72 bits per heavy atom. The molecule has 1 saturated heterocycles. The van der Waals surface area contributed by atoms with Crippen LogP contribution in [0.15, 0.2) is 0 Å². The van der Waals surface area contributed by atoms with Crippen LogP contribution in [-0.4, -0.2) is 40.5 Å². The molecule has 0 aromatic rings. The van der Waals surface area contributed by atoms with Crippen molar-refractivity contribution in [2.75, 3.05) is 6.54 Å². The van der Waals surface area contributed by atoms with Gasteiger partial charge in [0, 0.05) is 12.6 Å². The SMILES string of the molecule is NC1CCCCC1C(=O)N1CCCC[C@@H]1C(=O)O. The third-order valence-corrected chi connectivity index (χ3v) is 4.21. The minimum absolute atomic E-state index is 0.0331. The number of likely N-dealkylation sites (tertiary alicyclic amines) is 1. The van der Waals surface area contributed by atoms with Crippen molar-refractivity contribution in [2.24, 2.45) is 11.7 Å². The van der Waals surface area contributed by atoms with E-state index in [9.17, 15) is 14.7 Å². The van der Waals surface area contributed by atoms with Crippen LogP contribution in [0.5, 0.6) is 0 Å². The number of rotatable bonds is 2. The quantitative estimate of drug-likeness (QED) is 0.769. The molecular formula is C13H22N2O3. The summed E-state index contributed by atoms with van der Waals surface area (Å²) in [4.78, 5) is 25.2. The van der Waals surface area contributed by atoms with E-state index in [2.05, 4.69) is 0 Å². The Bertz CT molecular complexity index is 332. The van der Waals surface area contributed by atoms with Crippen LogP contribution >= 0.6 is 0 Å². The Kier molecular flexibility index (Phi) is 4.22. The van der Waals surface area contributed by atoms with Gasteiger partial charge >= 0.3 is 5.97 Å². The molecule has 5 nitrogen and oxygen atoms in total. The molecule has 2 aliphatic rings. The number of hydrogen-bond donors (Lipinski definition) is 2. The predicted molar refractivity (Wildman–Crippen MR) is 66.9 cm³/mol. The van der Waals surface area contributed by atoms with Gasteiger partial charge in [-0.1, -0.05) is 12.8 Å². The van der Waals surface area contributed by atoms with Crippen LogP contribution in [0.1, 0.15) is 44.9 Å². The average molecular weight is 254 g/mol. The van der Waals surface area contributed by atoms with E-state index >= 15 is 0 Å². The number of carbonyl (C=O) groups excluding carboxylic acids is 1. The first-order chi connectivity index (χ1) is 8.61. The molecule has 3 atom stereocenters. The zero-order valence-electron chi connectivity index (χ0n) is 10.7. The Morgan fingerprint density at radius 1 is 1.06 bits per heavy atom. The van der Waals surface area contributed by atoms with Gasteiger partial charge < -0.3 is 15.7 Å². The Hall–Kier alpha value is -1.10. The van der Waals surface area contributed by atoms with Crippen molar-refractivity contribution in [1.82, 2.24) is 4.90 Å². The molecule has 0 aromatic carbocycles. The molecular weight excluding hydrogens is 232 g/mol. The number of nitrogens with two attached hydrogens (primary N) is 1.